The standard InChI is InChI=1S/C23H29NS/c1-2-6-21-19(4-1)8-11-23(21)12-15-24(16-13-23)14-9-18-5-3-7-22-20(18)10-17-25-22/h1-2,4,6,10,17-18H,3,5,7-9,11-16H2. The normalized spacial score (nSPS) is 25.0. The molecule has 0 bridgehead atoms. The van der Waals surface area contributed by atoms with E-state index >= 15 is 0 Å². The van der Waals surface area contributed by atoms with E-state index in [1.54, 1.807) is 21.6 Å². The number of hydrogen-bond donors (Lipinski definition) is 0. The Morgan fingerprint density at radius 3 is 2.84 bits per heavy atom. The van der Waals surface area contributed by atoms with Crippen molar-refractivity contribution in [2.24, 2.45) is 0 Å². The molecule has 0 radical (unpaired) electrons. The molecule has 2 aliphatic carbocycles. The highest BCUT2D eigenvalue weighted by molar-refractivity contribution is 7.10. The van der Waals surface area contributed by atoms with Gasteiger partial charge in [0.1, 0.15) is 0 Å². The molecule has 0 saturated carbocycles. The van der Waals surface area contributed by atoms with Crippen molar-refractivity contribution in [3.63, 3.8) is 0 Å². The van der Waals surface area contributed by atoms with E-state index in [0.29, 0.717) is 5.41 Å². The highest BCUT2D eigenvalue weighted by atomic mass is 32.1. The minimum Gasteiger partial charge on any atom is -0.303 e. The number of benzene rings is 1. The minimum absolute atomic E-state index is 0.512. The lowest BCUT2D eigenvalue weighted by Gasteiger charge is -2.40. The molecule has 2 heteroatoms. The number of piperidine rings is 1. The van der Waals surface area contributed by atoms with Crippen molar-refractivity contribution in [3.8, 4) is 0 Å². The number of nitrogens with zero attached hydrogens (tertiary/aromatic N) is 1. The van der Waals surface area contributed by atoms with Crippen LogP contribution in [0.15, 0.2) is 35.7 Å². The molecule has 1 unspecified atom stereocenters. The Bertz CT molecular complexity index is 738. The molecule has 25 heavy (non-hydrogen) atoms. The first-order chi connectivity index (χ1) is 12.3. The van der Waals surface area contributed by atoms with Gasteiger partial charge in [0, 0.05) is 4.88 Å². The van der Waals surface area contributed by atoms with Crippen molar-refractivity contribution < 1.29 is 0 Å². The van der Waals surface area contributed by atoms with Gasteiger partial charge in [-0.1, -0.05) is 24.3 Å². The van der Waals surface area contributed by atoms with E-state index in [1.807, 2.05) is 11.3 Å². The molecule has 1 atom stereocenters. The second-order valence-electron chi connectivity index (χ2n) is 8.46. The largest absolute Gasteiger partial charge is 0.303 e. The number of rotatable bonds is 3. The SMILES string of the molecule is c1ccc2c(c1)CCC21CCN(CCC2CCCc3sccc32)CC1. The molecule has 1 aromatic heterocycles. The zero-order valence-corrected chi connectivity index (χ0v) is 16.0. The molecule has 1 fully saturated rings. The molecule has 1 spiro atoms. The first-order valence-corrected chi connectivity index (χ1v) is 11.1. The summed E-state index contributed by atoms with van der Waals surface area (Å²) in [6, 6.07) is 11.6. The lowest BCUT2D eigenvalue weighted by atomic mass is 9.73. The Hall–Kier alpha value is -1.12. The molecule has 1 nitrogen and oxygen atoms in total. The Labute approximate surface area is 156 Å². The molecule has 2 aromatic rings. The van der Waals surface area contributed by atoms with Crippen LogP contribution in [0.25, 0.3) is 0 Å². The average Bonchev–Trinajstić information content (AvgIpc) is 3.28. The molecular formula is C23H29NS. The van der Waals surface area contributed by atoms with Gasteiger partial charge in [0.25, 0.3) is 0 Å². The highest BCUT2D eigenvalue weighted by Gasteiger charge is 2.40. The number of fused-ring (bicyclic) bond motifs is 3. The van der Waals surface area contributed by atoms with Crippen LogP contribution in [0.1, 0.15) is 66.0 Å². The van der Waals surface area contributed by atoms with Gasteiger partial charge in [-0.2, -0.15) is 0 Å². The predicted molar refractivity (Wildman–Crippen MR) is 107 cm³/mol. The Morgan fingerprint density at radius 1 is 1.04 bits per heavy atom. The molecular weight excluding hydrogens is 322 g/mol. The molecule has 132 valence electrons. The maximum atomic E-state index is 2.76. The van der Waals surface area contributed by atoms with E-state index in [4.69, 9.17) is 0 Å². The fourth-order valence-electron chi connectivity index (χ4n) is 5.71. The maximum Gasteiger partial charge on any atom is 0.00800 e. The third-order valence-electron chi connectivity index (χ3n) is 7.24. The van der Waals surface area contributed by atoms with Crippen LogP contribution in [0, 0.1) is 0 Å². The van der Waals surface area contributed by atoms with E-state index in [9.17, 15) is 0 Å². The van der Waals surface area contributed by atoms with Gasteiger partial charge in [0.2, 0.25) is 0 Å². The van der Waals surface area contributed by atoms with Crippen LogP contribution in [0.2, 0.25) is 0 Å². The van der Waals surface area contributed by atoms with Crippen molar-refractivity contribution in [2.75, 3.05) is 19.6 Å². The van der Waals surface area contributed by atoms with E-state index < -0.39 is 0 Å². The van der Waals surface area contributed by atoms with Crippen LogP contribution in [-0.2, 0) is 18.3 Å². The molecule has 3 aliphatic rings. The summed E-state index contributed by atoms with van der Waals surface area (Å²) in [6.45, 7) is 3.91. The van der Waals surface area contributed by atoms with Crippen molar-refractivity contribution in [2.45, 2.75) is 62.7 Å². The summed E-state index contributed by atoms with van der Waals surface area (Å²) in [5.74, 6) is 0.832. The number of likely N-dealkylation sites (tertiary alicyclic amines) is 1. The van der Waals surface area contributed by atoms with Gasteiger partial charge in [0.05, 0.1) is 0 Å². The van der Waals surface area contributed by atoms with Crippen LogP contribution < -0.4 is 0 Å². The molecule has 1 aliphatic heterocycles. The van der Waals surface area contributed by atoms with E-state index in [-0.39, 0.29) is 0 Å². The second kappa shape index (κ2) is 6.55. The van der Waals surface area contributed by atoms with Gasteiger partial charge >= 0.3 is 0 Å². The topological polar surface area (TPSA) is 3.24 Å². The van der Waals surface area contributed by atoms with Crippen LogP contribution >= 0.6 is 11.3 Å². The van der Waals surface area contributed by atoms with Gasteiger partial charge < -0.3 is 4.90 Å². The summed E-state index contributed by atoms with van der Waals surface area (Å²) >= 11 is 1.98. The summed E-state index contributed by atoms with van der Waals surface area (Å²) in [5, 5.41) is 2.31. The number of thiophene rings is 1. The zero-order valence-electron chi connectivity index (χ0n) is 15.2. The minimum atomic E-state index is 0.512. The average molecular weight is 352 g/mol. The van der Waals surface area contributed by atoms with Crippen LogP contribution in [0.5, 0.6) is 0 Å². The molecule has 2 heterocycles. The fraction of sp³-hybridized carbons (Fsp3) is 0.565. The summed E-state index contributed by atoms with van der Waals surface area (Å²) in [6.07, 6.45) is 11.0. The number of aryl methyl sites for hydroxylation is 2. The quantitative estimate of drug-likeness (QED) is 0.702. The third kappa shape index (κ3) is 2.88. The first-order valence-electron chi connectivity index (χ1n) is 10.2. The third-order valence-corrected chi connectivity index (χ3v) is 8.24. The molecule has 0 N–H and O–H groups in total. The van der Waals surface area contributed by atoms with Crippen molar-refractivity contribution >= 4 is 11.3 Å². The van der Waals surface area contributed by atoms with Crippen molar-refractivity contribution in [1.29, 1.82) is 0 Å². The van der Waals surface area contributed by atoms with Gasteiger partial charge in [-0.15, -0.1) is 11.3 Å². The Balaban J connectivity index is 1.20. The van der Waals surface area contributed by atoms with Crippen molar-refractivity contribution in [3.05, 3.63) is 57.3 Å². The molecule has 0 amide bonds. The monoisotopic (exact) mass is 351 g/mol. The molecule has 1 saturated heterocycles. The highest BCUT2D eigenvalue weighted by Crippen LogP contribution is 2.46. The van der Waals surface area contributed by atoms with Crippen LogP contribution in [0.4, 0.5) is 0 Å². The molecule has 1 aromatic carbocycles. The summed E-state index contributed by atoms with van der Waals surface area (Å²) < 4.78 is 0. The summed E-state index contributed by atoms with van der Waals surface area (Å²) in [4.78, 5) is 4.43. The lowest BCUT2D eigenvalue weighted by molar-refractivity contribution is 0.153. The van der Waals surface area contributed by atoms with E-state index in [0.717, 1.165) is 5.92 Å². The smallest absolute Gasteiger partial charge is 0.00800 e. The van der Waals surface area contributed by atoms with Gasteiger partial charge in [-0.05, 0) is 110 Å². The van der Waals surface area contributed by atoms with E-state index in [1.165, 1.54) is 71.0 Å². The predicted octanol–water partition coefficient (Wildman–Crippen LogP) is 5.54. The number of hydrogen-bond acceptors (Lipinski definition) is 2. The first kappa shape index (κ1) is 16.1. The van der Waals surface area contributed by atoms with Gasteiger partial charge in [0.15, 0.2) is 0 Å². The van der Waals surface area contributed by atoms with Crippen LogP contribution in [0.3, 0.4) is 0 Å². The Kier molecular flexibility index (Phi) is 4.22. The fourth-order valence-corrected chi connectivity index (χ4v) is 6.72. The molecule has 5 rings (SSSR count). The Morgan fingerprint density at radius 2 is 1.92 bits per heavy atom. The summed E-state index contributed by atoms with van der Waals surface area (Å²) in [7, 11) is 0. The van der Waals surface area contributed by atoms with Crippen LogP contribution in [-0.4, -0.2) is 24.5 Å². The lowest BCUT2D eigenvalue weighted by Crippen LogP contribution is -2.42. The van der Waals surface area contributed by atoms with Gasteiger partial charge in [-0.3, -0.25) is 0 Å². The van der Waals surface area contributed by atoms with Crippen molar-refractivity contribution in [1.82, 2.24) is 4.90 Å². The zero-order chi connectivity index (χ0) is 16.7. The second-order valence-corrected chi connectivity index (χ2v) is 9.46. The maximum absolute atomic E-state index is 2.76. The van der Waals surface area contributed by atoms with Gasteiger partial charge in [-0.25, -0.2) is 0 Å². The summed E-state index contributed by atoms with van der Waals surface area (Å²) in [5.41, 5.74) is 5.51. The van der Waals surface area contributed by atoms with E-state index in [2.05, 4.69) is 40.6 Å².